The molecule has 0 fully saturated rings. The Labute approximate surface area is 117 Å². The van der Waals surface area contributed by atoms with Crippen LogP contribution >= 0.6 is 11.6 Å². The first-order valence-corrected chi connectivity index (χ1v) is 6.15. The molecule has 0 bridgehead atoms. The third kappa shape index (κ3) is 4.79. The summed E-state index contributed by atoms with van der Waals surface area (Å²) < 4.78 is 10.8. The number of hydrazone groups is 1. The Morgan fingerprint density at radius 1 is 1.47 bits per heavy atom. The quantitative estimate of drug-likeness (QED) is 0.668. The highest BCUT2D eigenvalue weighted by Crippen LogP contribution is 2.36. The van der Waals surface area contributed by atoms with Gasteiger partial charge in [0, 0.05) is 6.92 Å². The van der Waals surface area contributed by atoms with E-state index in [9.17, 15) is 4.79 Å². The number of hydrogen-bond donors (Lipinski definition) is 1. The maximum atomic E-state index is 10.7. The van der Waals surface area contributed by atoms with E-state index in [0.29, 0.717) is 22.1 Å². The SMILES string of the molecule is COc1cc(/C=N\NC(C)=O)cc(Cl)c1OC(C)C. The van der Waals surface area contributed by atoms with Gasteiger partial charge in [0.15, 0.2) is 11.5 Å². The predicted molar refractivity (Wildman–Crippen MR) is 75.2 cm³/mol. The van der Waals surface area contributed by atoms with Crippen LogP contribution in [0, 0.1) is 0 Å². The number of hydrogen-bond acceptors (Lipinski definition) is 4. The summed E-state index contributed by atoms with van der Waals surface area (Å²) in [7, 11) is 1.54. The zero-order valence-corrected chi connectivity index (χ0v) is 12.1. The van der Waals surface area contributed by atoms with Crippen molar-refractivity contribution in [1.29, 1.82) is 0 Å². The van der Waals surface area contributed by atoms with Crippen LogP contribution in [0.25, 0.3) is 0 Å². The van der Waals surface area contributed by atoms with Gasteiger partial charge in [-0.05, 0) is 31.5 Å². The number of carbonyl (C=O) groups is 1. The highest BCUT2D eigenvalue weighted by atomic mass is 35.5. The fourth-order valence-corrected chi connectivity index (χ4v) is 1.63. The molecule has 0 radical (unpaired) electrons. The Morgan fingerprint density at radius 2 is 2.16 bits per heavy atom. The fraction of sp³-hybridized carbons (Fsp3) is 0.385. The molecule has 104 valence electrons. The molecule has 1 amide bonds. The van der Waals surface area contributed by atoms with Crippen LogP contribution in [-0.4, -0.2) is 25.3 Å². The second kappa shape index (κ2) is 6.99. The molecule has 0 spiro atoms. The summed E-state index contributed by atoms with van der Waals surface area (Å²) in [6.45, 7) is 5.19. The van der Waals surface area contributed by atoms with Crippen molar-refractivity contribution in [3.8, 4) is 11.5 Å². The van der Waals surface area contributed by atoms with E-state index in [4.69, 9.17) is 21.1 Å². The summed E-state index contributed by atoms with van der Waals surface area (Å²) in [6, 6.07) is 3.42. The van der Waals surface area contributed by atoms with Gasteiger partial charge >= 0.3 is 0 Å². The first-order valence-electron chi connectivity index (χ1n) is 5.78. The molecule has 5 nitrogen and oxygen atoms in total. The lowest BCUT2D eigenvalue weighted by Crippen LogP contribution is -2.12. The van der Waals surface area contributed by atoms with Crippen LogP contribution in [-0.2, 0) is 4.79 Å². The lowest BCUT2D eigenvalue weighted by Gasteiger charge is -2.15. The van der Waals surface area contributed by atoms with Crippen molar-refractivity contribution in [2.45, 2.75) is 26.9 Å². The summed E-state index contributed by atoms with van der Waals surface area (Å²) in [4.78, 5) is 10.7. The monoisotopic (exact) mass is 284 g/mol. The highest BCUT2D eigenvalue weighted by molar-refractivity contribution is 6.32. The Kier molecular flexibility index (Phi) is 5.63. The zero-order chi connectivity index (χ0) is 14.4. The van der Waals surface area contributed by atoms with Gasteiger partial charge in [-0.2, -0.15) is 5.10 Å². The zero-order valence-electron chi connectivity index (χ0n) is 11.4. The molecule has 0 aromatic heterocycles. The van der Waals surface area contributed by atoms with Crippen LogP contribution in [0.1, 0.15) is 26.3 Å². The maximum Gasteiger partial charge on any atom is 0.236 e. The van der Waals surface area contributed by atoms with Gasteiger partial charge in [-0.15, -0.1) is 0 Å². The van der Waals surface area contributed by atoms with E-state index in [2.05, 4.69) is 10.5 Å². The fourth-order valence-electron chi connectivity index (χ4n) is 1.36. The van der Waals surface area contributed by atoms with E-state index in [1.807, 2.05) is 13.8 Å². The molecule has 0 saturated carbocycles. The standard InChI is InChI=1S/C13H17ClN2O3/c1-8(2)19-13-11(14)5-10(6-12(13)18-4)7-15-16-9(3)17/h5-8H,1-4H3,(H,16,17)/b15-7-. The van der Waals surface area contributed by atoms with Gasteiger partial charge in [-0.25, -0.2) is 5.43 Å². The average Bonchev–Trinajstić information content (AvgIpc) is 2.31. The molecule has 1 aromatic carbocycles. The molecule has 19 heavy (non-hydrogen) atoms. The Balaban J connectivity index is 3.01. The molecule has 0 aliphatic rings. The normalized spacial score (nSPS) is 10.8. The van der Waals surface area contributed by atoms with Gasteiger partial charge < -0.3 is 9.47 Å². The molecule has 0 heterocycles. The number of rotatable bonds is 5. The second-order valence-corrected chi connectivity index (χ2v) is 4.53. The van der Waals surface area contributed by atoms with Crippen molar-refractivity contribution in [3.63, 3.8) is 0 Å². The smallest absolute Gasteiger partial charge is 0.236 e. The molecule has 0 saturated heterocycles. The average molecular weight is 285 g/mol. The van der Waals surface area contributed by atoms with Crippen LogP contribution in [0.4, 0.5) is 0 Å². The van der Waals surface area contributed by atoms with E-state index in [1.165, 1.54) is 20.2 Å². The summed E-state index contributed by atoms with van der Waals surface area (Å²) in [6.07, 6.45) is 1.47. The van der Waals surface area contributed by atoms with Crippen LogP contribution < -0.4 is 14.9 Å². The molecule has 0 unspecified atom stereocenters. The van der Waals surface area contributed by atoms with Crippen LogP contribution in [0.2, 0.25) is 5.02 Å². The molecular formula is C13H17ClN2O3. The number of ether oxygens (including phenoxy) is 2. The Bertz CT molecular complexity index is 487. The third-order valence-electron chi connectivity index (χ3n) is 2.04. The van der Waals surface area contributed by atoms with E-state index >= 15 is 0 Å². The maximum absolute atomic E-state index is 10.7. The molecular weight excluding hydrogens is 268 g/mol. The minimum atomic E-state index is -0.242. The van der Waals surface area contributed by atoms with Gasteiger partial charge in [-0.3, -0.25) is 4.79 Å². The molecule has 1 N–H and O–H groups in total. The first-order chi connectivity index (χ1) is 8.93. The summed E-state index contributed by atoms with van der Waals surface area (Å²) >= 11 is 6.14. The van der Waals surface area contributed by atoms with Crippen LogP contribution in [0.15, 0.2) is 17.2 Å². The van der Waals surface area contributed by atoms with Crippen molar-refractivity contribution in [2.75, 3.05) is 7.11 Å². The lowest BCUT2D eigenvalue weighted by molar-refractivity contribution is -0.118. The molecule has 0 atom stereocenters. The summed E-state index contributed by atoms with van der Waals surface area (Å²) in [5, 5.41) is 4.20. The minimum Gasteiger partial charge on any atom is -0.493 e. The molecule has 0 aliphatic heterocycles. The van der Waals surface area contributed by atoms with E-state index in [1.54, 1.807) is 12.1 Å². The van der Waals surface area contributed by atoms with E-state index < -0.39 is 0 Å². The molecule has 0 aliphatic carbocycles. The molecule has 1 aromatic rings. The van der Waals surface area contributed by atoms with Gasteiger partial charge in [0.2, 0.25) is 5.91 Å². The Hall–Kier alpha value is -1.75. The van der Waals surface area contributed by atoms with E-state index in [0.717, 1.165) is 0 Å². The largest absolute Gasteiger partial charge is 0.493 e. The number of methoxy groups -OCH3 is 1. The van der Waals surface area contributed by atoms with Crippen molar-refractivity contribution in [2.24, 2.45) is 5.10 Å². The van der Waals surface area contributed by atoms with Gasteiger partial charge in [-0.1, -0.05) is 11.6 Å². The Morgan fingerprint density at radius 3 is 2.68 bits per heavy atom. The predicted octanol–water partition coefficient (Wildman–Crippen LogP) is 2.61. The lowest BCUT2D eigenvalue weighted by atomic mass is 10.2. The van der Waals surface area contributed by atoms with Crippen LogP contribution in [0.5, 0.6) is 11.5 Å². The van der Waals surface area contributed by atoms with Crippen molar-refractivity contribution in [3.05, 3.63) is 22.7 Å². The number of halogens is 1. The topological polar surface area (TPSA) is 59.9 Å². The highest BCUT2D eigenvalue weighted by Gasteiger charge is 2.12. The van der Waals surface area contributed by atoms with Gasteiger partial charge in [0.1, 0.15) is 0 Å². The number of carbonyl (C=O) groups excluding carboxylic acids is 1. The van der Waals surface area contributed by atoms with Crippen LogP contribution in [0.3, 0.4) is 0 Å². The number of benzene rings is 1. The molecule has 1 rings (SSSR count). The number of nitrogens with one attached hydrogen (secondary N) is 1. The molecule has 6 heteroatoms. The van der Waals surface area contributed by atoms with Gasteiger partial charge in [0.05, 0.1) is 24.5 Å². The van der Waals surface area contributed by atoms with Gasteiger partial charge in [0.25, 0.3) is 0 Å². The third-order valence-corrected chi connectivity index (χ3v) is 2.32. The second-order valence-electron chi connectivity index (χ2n) is 4.13. The first kappa shape index (κ1) is 15.3. The van der Waals surface area contributed by atoms with Crippen molar-refractivity contribution < 1.29 is 14.3 Å². The van der Waals surface area contributed by atoms with Crippen molar-refractivity contribution in [1.82, 2.24) is 5.43 Å². The van der Waals surface area contributed by atoms with Crippen molar-refractivity contribution >= 4 is 23.7 Å². The number of nitrogens with zero attached hydrogens (tertiary/aromatic N) is 1. The summed E-state index contributed by atoms with van der Waals surface area (Å²) in [5.41, 5.74) is 3.01. The minimum absolute atomic E-state index is 0.00898. The summed E-state index contributed by atoms with van der Waals surface area (Å²) in [5.74, 6) is 0.774. The number of amides is 1. The van der Waals surface area contributed by atoms with E-state index in [-0.39, 0.29) is 12.0 Å².